The van der Waals surface area contributed by atoms with Crippen LogP contribution in [0, 0.1) is 0 Å². The third kappa shape index (κ3) is 3.12. The minimum atomic E-state index is -0.913. The first-order valence-corrected chi connectivity index (χ1v) is 6.39. The highest BCUT2D eigenvalue weighted by Gasteiger charge is 2.23. The van der Waals surface area contributed by atoms with E-state index in [0.29, 0.717) is 12.1 Å². The Bertz CT molecular complexity index is 488. The Hall–Kier alpha value is -1.88. The number of carbonyl (C=O) groups is 2. The maximum atomic E-state index is 11.7. The largest absolute Gasteiger partial charge is 0.325 e. The highest BCUT2D eigenvalue weighted by molar-refractivity contribution is 5.98. The van der Waals surface area contributed by atoms with Crippen LogP contribution in [0.4, 0.5) is 11.4 Å². The molecule has 1 aromatic rings. The normalized spacial score (nSPS) is 15.7. The third-order valence-corrected chi connectivity index (χ3v) is 3.10. The van der Waals surface area contributed by atoms with Crippen LogP contribution in [0.15, 0.2) is 24.3 Å². The molecule has 0 aliphatic carbocycles. The van der Waals surface area contributed by atoms with Gasteiger partial charge >= 0.3 is 0 Å². The van der Waals surface area contributed by atoms with E-state index >= 15 is 0 Å². The molecule has 2 rings (SSSR count). The maximum Gasteiger partial charge on any atom is 0.243 e. The Balaban J connectivity index is 2.07. The summed E-state index contributed by atoms with van der Waals surface area (Å²) >= 11 is 0. The number of benzene rings is 1. The average molecular weight is 261 g/mol. The Kier molecular flexibility index (Phi) is 3.57. The summed E-state index contributed by atoms with van der Waals surface area (Å²) in [5, 5.41) is 2.74. The molecule has 1 aliphatic heterocycles. The van der Waals surface area contributed by atoms with E-state index in [1.165, 1.54) is 0 Å². The number of hydrogen-bond donors (Lipinski definition) is 2. The summed E-state index contributed by atoms with van der Waals surface area (Å²) in [4.78, 5) is 25.1. The van der Waals surface area contributed by atoms with E-state index in [9.17, 15) is 9.59 Å². The van der Waals surface area contributed by atoms with Gasteiger partial charge in [0.2, 0.25) is 11.8 Å². The summed E-state index contributed by atoms with van der Waals surface area (Å²) in [6.45, 7) is 4.07. The SMILES string of the molecule is CC(C)(N)C(=O)Nc1ccc(N2CCCC2=O)cc1. The highest BCUT2D eigenvalue weighted by Crippen LogP contribution is 2.23. The molecule has 102 valence electrons. The molecule has 1 saturated heterocycles. The molecule has 1 aliphatic rings. The fraction of sp³-hybridized carbons (Fsp3) is 0.429. The van der Waals surface area contributed by atoms with Crippen LogP contribution in [0.1, 0.15) is 26.7 Å². The molecular formula is C14H19N3O2. The van der Waals surface area contributed by atoms with Gasteiger partial charge in [0.1, 0.15) is 0 Å². The van der Waals surface area contributed by atoms with Crippen molar-refractivity contribution in [1.29, 1.82) is 0 Å². The number of hydrogen-bond acceptors (Lipinski definition) is 3. The smallest absolute Gasteiger partial charge is 0.243 e. The maximum absolute atomic E-state index is 11.7. The lowest BCUT2D eigenvalue weighted by molar-refractivity contribution is -0.120. The van der Waals surface area contributed by atoms with Gasteiger partial charge in [0.15, 0.2) is 0 Å². The zero-order chi connectivity index (χ0) is 14.0. The monoisotopic (exact) mass is 261 g/mol. The molecule has 5 heteroatoms. The molecule has 0 bridgehead atoms. The van der Waals surface area contributed by atoms with Gasteiger partial charge in [-0.15, -0.1) is 0 Å². The van der Waals surface area contributed by atoms with Crippen LogP contribution in [0.5, 0.6) is 0 Å². The molecule has 1 aromatic carbocycles. The van der Waals surface area contributed by atoms with Crippen molar-refractivity contribution in [3.63, 3.8) is 0 Å². The first kappa shape index (κ1) is 13.5. The van der Waals surface area contributed by atoms with E-state index in [2.05, 4.69) is 5.32 Å². The topological polar surface area (TPSA) is 75.4 Å². The minimum Gasteiger partial charge on any atom is -0.325 e. The molecule has 2 amide bonds. The summed E-state index contributed by atoms with van der Waals surface area (Å²) in [5.41, 5.74) is 6.34. The molecule has 0 atom stereocenters. The Labute approximate surface area is 112 Å². The molecule has 0 unspecified atom stereocenters. The van der Waals surface area contributed by atoms with Crippen molar-refractivity contribution >= 4 is 23.2 Å². The lowest BCUT2D eigenvalue weighted by Gasteiger charge is -2.19. The van der Waals surface area contributed by atoms with Gasteiger partial charge in [-0.3, -0.25) is 9.59 Å². The Morgan fingerprint density at radius 1 is 1.32 bits per heavy atom. The predicted octanol–water partition coefficient (Wildman–Crippen LogP) is 1.49. The summed E-state index contributed by atoms with van der Waals surface area (Å²) in [6.07, 6.45) is 1.51. The molecule has 0 spiro atoms. The molecule has 5 nitrogen and oxygen atoms in total. The van der Waals surface area contributed by atoms with Crippen molar-refractivity contribution in [2.45, 2.75) is 32.2 Å². The Morgan fingerprint density at radius 2 is 1.95 bits per heavy atom. The quantitative estimate of drug-likeness (QED) is 0.865. The summed E-state index contributed by atoms with van der Waals surface area (Å²) < 4.78 is 0. The fourth-order valence-corrected chi connectivity index (χ4v) is 1.94. The van der Waals surface area contributed by atoms with Crippen LogP contribution < -0.4 is 16.0 Å². The fourth-order valence-electron chi connectivity index (χ4n) is 1.94. The van der Waals surface area contributed by atoms with Gasteiger partial charge in [-0.2, -0.15) is 0 Å². The van der Waals surface area contributed by atoms with Crippen molar-refractivity contribution in [2.24, 2.45) is 5.73 Å². The molecule has 19 heavy (non-hydrogen) atoms. The minimum absolute atomic E-state index is 0.153. The summed E-state index contributed by atoms with van der Waals surface area (Å²) in [7, 11) is 0. The van der Waals surface area contributed by atoms with Gasteiger partial charge in [0.25, 0.3) is 0 Å². The number of rotatable bonds is 3. The number of carbonyl (C=O) groups excluding carboxylic acids is 2. The van der Waals surface area contributed by atoms with E-state index in [1.54, 1.807) is 30.9 Å². The average Bonchev–Trinajstić information content (AvgIpc) is 2.75. The number of nitrogens with one attached hydrogen (secondary N) is 1. The first-order chi connectivity index (χ1) is 8.88. The zero-order valence-electron chi connectivity index (χ0n) is 11.3. The predicted molar refractivity (Wildman–Crippen MR) is 74.9 cm³/mol. The van der Waals surface area contributed by atoms with Crippen LogP contribution in [-0.2, 0) is 9.59 Å². The van der Waals surface area contributed by atoms with Gasteiger partial charge in [0.05, 0.1) is 5.54 Å². The lowest BCUT2D eigenvalue weighted by atomic mass is 10.1. The molecule has 1 fully saturated rings. The number of amides is 2. The van der Waals surface area contributed by atoms with E-state index in [0.717, 1.165) is 18.7 Å². The van der Waals surface area contributed by atoms with E-state index in [1.807, 2.05) is 12.1 Å². The lowest BCUT2D eigenvalue weighted by Crippen LogP contribution is -2.45. The van der Waals surface area contributed by atoms with Crippen LogP contribution in [-0.4, -0.2) is 23.9 Å². The van der Waals surface area contributed by atoms with Crippen molar-refractivity contribution in [2.75, 3.05) is 16.8 Å². The molecule has 0 aromatic heterocycles. The van der Waals surface area contributed by atoms with E-state index in [-0.39, 0.29) is 11.8 Å². The third-order valence-electron chi connectivity index (χ3n) is 3.10. The van der Waals surface area contributed by atoms with Crippen LogP contribution in [0.2, 0.25) is 0 Å². The zero-order valence-corrected chi connectivity index (χ0v) is 11.3. The molecule has 1 heterocycles. The van der Waals surface area contributed by atoms with Crippen molar-refractivity contribution in [3.05, 3.63) is 24.3 Å². The molecule has 3 N–H and O–H groups in total. The van der Waals surface area contributed by atoms with Gasteiger partial charge < -0.3 is 16.0 Å². The second kappa shape index (κ2) is 5.01. The van der Waals surface area contributed by atoms with Crippen LogP contribution in [0.25, 0.3) is 0 Å². The molecular weight excluding hydrogens is 242 g/mol. The van der Waals surface area contributed by atoms with Gasteiger partial charge in [0, 0.05) is 24.3 Å². The van der Waals surface area contributed by atoms with E-state index < -0.39 is 5.54 Å². The second-order valence-electron chi connectivity index (χ2n) is 5.37. The van der Waals surface area contributed by atoms with Crippen LogP contribution >= 0.6 is 0 Å². The highest BCUT2D eigenvalue weighted by atomic mass is 16.2. The van der Waals surface area contributed by atoms with E-state index in [4.69, 9.17) is 5.73 Å². The van der Waals surface area contributed by atoms with Crippen molar-refractivity contribution in [3.8, 4) is 0 Å². The van der Waals surface area contributed by atoms with Crippen molar-refractivity contribution < 1.29 is 9.59 Å². The first-order valence-electron chi connectivity index (χ1n) is 6.39. The van der Waals surface area contributed by atoms with Gasteiger partial charge in [-0.25, -0.2) is 0 Å². The number of nitrogens with zero attached hydrogens (tertiary/aromatic N) is 1. The number of anilines is 2. The molecule has 0 saturated carbocycles. The summed E-state index contributed by atoms with van der Waals surface area (Å²) in [6, 6.07) is 7.24. The summed E-state index contributed by atoms with van der Waals surface area (Å²) in [5.74, 6) is -0.0858. The standard InChI is InChI=1S/C14H19N3O2/c1-14(2,15)13(19)16-10-5-7-11(8-6-10)17-9-3-4-12(17)18/h5-8H,3-4,9,15H2,1-2H3,(H,16,19). The van der Waals surface area contributed by atoms with Crippen molar-refractivity contribution in [1.82, 2.24) is 0 Å². The molecule has 0 radical (unpaired) electrons. The second-order valence-corrected chi connectivity index (χ2v) is 5.37. The van der Waals surface area contributed by atoms with Gasteiger partial charge in [-0.05, 0) is 44.5 Å². The van der Waals surface area contributed by atoms with Crippen LogP contribution in [0.3, 0.4) is 0 Å². The number of nitrogens with two attached hydrogens (primary N) is 1. The Morgan fingerprint density at radius 3 is 2.42 bits per heavy atom. The van der Waals surface area contributed by atoms with Gasteiger partial charge in [-0.1, -0.05) is 0 Å².